The first-order valence-electron chi connectivity index (χ1n) is 4.25. The standard InChI is InChI=1S/C9H13NO/c1-6(2)7-3-9(4-7)8(5-10)11-9/h6-8H,3-4H2,1-2H3. The van der Waals surface area contributed by atoms with E-state index in [1.165, 1.54) is 0 Å². The minimum absolute atomic E-state index is 0.0314. The van der Waals surface area contributed by atoms with Gasteiger partial charge >= 0.3 is 0 Å². The number of nitriles is 1. The summed E-state index contributed by atoms with van der Waals surface area (Å²) < 4.78 is 5.31. The smallest absolute Gasteiger partial charge is 0.173 e. The molecule has 0 radical (unpaired) electrons. The third-order valence-corrected chi connectivity index (χ3v) is 3.05. The molecule has 0 aromatic carbocycles. The van der Waals surface area contributed by atoms with Crippen molar-refractivity contribution >= 4 is 0 Å². The minimum Gasteiger partial charge on any atom is -0.350 e. The summed E-state index contributed by atoms with van der Waals surface area (Å²) in [5.74, 6) is 1.55. The first-order chi connectivity index (χ1) is 5.18. The predicted octanol–water partition coefficient (Wildman–Crippen LogP) is 1.71. The highest BCUT2D eigenvalue weighted by atomic mass is 16.6. The molecule has 2 nitrogen and oxygen atoms in total. The summed E-state index contributed by atoms with van der Waals surface area (Å²) in [7, 11) is 0. The number of ether oxygens (including phenoxy) is 1. The monoisotopic (exact) mass is 151 g/mol. The number of epoxide rings is 1. The molecule has 0 amide bonds. The number of nitrogens with zero attached hydrogens (tertiary/aromatic N) is 1. The van der Waals surface area contributed by atoms with Crippen molar-refractivity contribution < 1.29 is 4.74 Å². The van der Waals surface area contributed by atoms with E-state index in [0.29, 0.717) is 0 Å². The summed E-state index contributed by atoms with van der Waals surface area (Å²) in [6, 6.07) is 2.17. The Morgan fingerprint density at radius 3 is 2.55 bits per heavy atom. The van der Waals surface area contributed by atoms with Gasteiger partial charge in [0.2, 0.25) is 0 Å². The van der Waals surface area contributed by atoms with Crippen LogP contribution in [0, 0.1) is 23.2 Å². The first-order valence-corrected chi connectivity index (χ1v) is 4.25. The van der Waals surface area contributed by atoms with Crippen molar-refractivity contribution in [3.8, 4) is 6.07 Å². The van der Waals surface area contributed by atoms with Crippen LogP contribution in [0.1, 0.15) is 26.7 Å². The average molecular weight is 151 g/mol. The van der Waals surface area contributed by atoms with Gasteiger partial charge in [0.1, 0.15) is 5.60 Å². The van der Waals surface area contributed by atoms with E-state index in [-0.39, 0.29) is 11.7 Å². The lowest BCUT2D eigenvalue weighted by Gasteiger charge is -2.35. The first kappa shape index (κ1) is 7.12. The molecule has 1 aliphatic carbocycles. The van der Waals surface area contributed by atoms with Crippen LogP contribution in [0.25, 0.3) is 0 Å². The molecule has 11 heavy (non-hydrogen) atoms. The number of rotatable bonds is 1. The zero-order valence-corrected chi connectivity index (χ0v) is 7.00. The topological polar surface area (TPSA) is 36.3 Å². The van der Waals surface area contributed by atoms with Crippen LogP contribution in [0.3, 0.4) is 0 Å². The normalized spacial score (nSPS) is 47.1. The highest BCUT2D eigenvalue weighted by molar-refractivity contribution is 5.20. The van der Waals surface area contributed by atoms with E-state index in [9.17, 15) is 0 Å². The van der Waals surface area contributed by atoms with Gasteiger partial charge in [-0.1, -0.05) is 13.8 Å². The van der Waals surface area contributed by atoms with Crippen molar-refractivity contribution in [3.05, 3.63) is 0 Å². The van der Waals surface area contributed by atoms with E-state index in [4.69, 9.17) is 10.00 Å². The highest BCUT2D eigenvalue weighted by Gasteiger charge is 2.64. The van der Waals surface area contributed by atoms with Gasteiger partial charge in [-0.05, 0) is 24.7 Å². The molecule has 0 N–H and O–H groups in total. The van der Waals surface area contributed by atoms with Crippen molar-refractivity contribution in [2.24, 2.45) is 11.8 Å². The van der Waals surface area contributed by atoms with Gasteiger partial charge < -0.3 is 4.74 Å². The van der Waals surface area contributed by atoms with Crippen LogP contribution in [0.4, 0.5) is 0 Å². The van der Waals surface area contributed by atoms with Crippen LogP contribution in [0.2, 0.25) is 0 Å². The second kappa shape index (κ2) is 1.98. The van der Waals surface area contributed by atoms with Crippen LogP contribution in [0.15, 0.2) is 0 Å². The summed E-state index contributed by atoms with van der Waals surface area (Å²) in [4.78, 5) is 0. The molecule has 2 fully saturated rings. The lowest BCUT2D eigenvalue weighted by Crippen LogP contribution is -2.37. The molecule has 0 aromatic heterocycles. The molecule has 1 saturated carbocycles. The predicted molar refractivity (Wildman–Crippen MR) is 40.8 cm³/mol. The van der Waals surface area contributed by atoms with Crippen LogP contribution >= 0.6 is 0 Å². The van der Waals surface area contributed by atoms with Gasteiger partial charge in [-0.15, -0.1) is 0 Å². The molecule has 2 rings (SSSR count). The number of hydrogen-bond acceptors (Lipinski definition) is 2. The summed E-state index contributed by atoms with van der Waals surface area (Å²) >= 11 is 0. The van der Waals surface area contributed by atoms with E-state index in [0.717, 1.165) is 24.7 Å². The summed E-state index contributed by atoms with van der Waals surface area (Å²) in [5, 5.41) is 8.56. The zero-order valence-electron chi connectivity index (χ0n) is 7.00. The molecular formula is C9H13NO. The van der Waals surface area contributed by atoms with E-state index in [1.807, 2.05) is 0 Å². The van der Waals surface area contributed by atoms with E-state index in [2.05, 4.69) is 19.9 Å². The van der Waals surface area contributed by atoms with Crippen LogP contribution < -0.4 is 0 Å². The van der Waals surface area contributed by atoms with Crippen molar-refractivity contribution in [3.63, 3.8) is 0 Å². The number of hydrogen-bond donors (Lipinski definition) is 0. The summed E-state index contributed by atoms with van der Waals surface area (Å²) in [6.07, 6.45) is 2.16. The van der Waals surface area contributed by atoms with Crippen LogP contribution in [0.5, 0.6) is 0 Å². The Labute approximate surface area is 67.2 Å². The Morgan fingerprint density at radius 1 is 1.55 bits per heavy atom. The zero-order chi connectivity index (χ0) is 8.06. The van der Waals surface area contributed by atoms with Gasteiger partial charge in [0.15, 0.2) is 6.10 Å². The molecule has 1 atom stereocenters. The molecule has 2 aliphatic rings. The van der Waals surface area contributed by atoms with E-state index in [1.54, 1.807) is 0 Å². The fourth-order valence-electron chi connectivity index (χ4n) is 1.95. The lowest BCUT2D eigenvalue weighted by atomic mass is 9.68. The molecule has 1 aliphatic heterocycles. The molecule has 0 aromatic rings. The molecule has 0 bridgehead atoms. The maximum atomic E-state index is 8.56. The van der Waals surface area contributed by atoms with Gasteiger partial charge in [-0.25, -0.2) is 0 Å². The Kier molecular flexibility index (Phi) is 1.28. The van der Waals surface area contributed by atoms with Crippen molar-refractivity contribution in [2.45, 2.75) is 38.4 Å². The Hall–Kier alpha value is -0.550. The maximum Gasteiger partial charge on any atom is 0.173 e. The molecule has 1 heterocycles. The highest BCUT2D eigenvalue weighted by Crippen LogP contribution is 2.57. The SMILES string of the molecule is CC(C)C1CC2(C1)OC2C#N. The minimum atomic E-state index is -0.0718. The molecule has 60 valence electrons. The van der Waals surface area contributed by atoms with Gasteiger partial charge in [-0.3, -0.25) is 0 Å². The molecule has 2 heteroatoms. The van der Waals surface area contributed by atoms with Crippen molar-refractivity contribution in [1.29, 1.82) is 5.26 Å². The second-order valence-electron chi connectivity index (χ2n) is 4.10. The lowest BCUT2D eigenvalue weighted by molar-refractivity contribution is 0.0918. The van der Waals surface area contributed by atoms with Crippen LogP contribution in [-0.2, 0) is 4.74 Å². The molecule has 1 spiro atoms. The fourth-order valence-corrected chi connectivity index (χ4v) is 1.95. The summed E-state index contributed by atoms with van der Waals surface area (Å²) in [6.45, 7) is 4.47. The van der Waals surface area contributed by atoms with Gasteiger partial charge in [0, 0.05) is 0 Å². The third-order valence-electron chi connectivity index (χ3n) is 3.05. The Morgan fingerprint density at radius 2 is 2.18 bits per heavy atom. The maximum absolute atomic E-state index is 8.56. The Bertz CT molecular complexity index is 210. The second-order valence-corrected chi connectivity index (χ2v) is 4.10. The van der Waals surface area contributed by atoms with Gasteiger partial charge in [-0.2, -0.15) is 5.26 Å². The van der Waals surface area contributed by atoms with Crippen molar-refractivity contribution in [2.75, 3.05) is 0 Å². The third kappa shape index (κ3) is 0.877. The van der Waals surface area contributed by atoms with Gasteiger partial charge in [0.05, 0.1) is 6.07 Å². The largest absolute Gasteiger partial charge is 0.350 e. The quantitative estimate of drug-likeness (QED) is 0.535. The molecule has 1 unspecified atom stereocenters. The van der Waals surface area contributed by atoms with Gasteiger partial charge in [0.25, 0.3) is 0 Å². The van der Waals surface area contributed by atoms with E-state index >= 15 is 0 Å². The van der Waals surface area contributed by atoms with Crippen LogP contribution in [-0.4, -0.2) is 11.7 Å². The molecular weight excluding hydrogens is 138 g/mol. The Balaban J connectivity index is 1.87. The molecule has 1 saturated heterocycles. The summed E-state index contributed by atoms with van der Waals surface area (Å²) in [5.41, 5.74) is 0.0314. The fraction of sp³-hybridized carbons (Fsp3) is 0.889. The van der Waals surface area contributed by atoms with Crippen molar-refractivity contribution in [1.82, 2.24) is 0 Å². The average Bonchev–Trinajstić information content (AvgIpc) is 2.57. The van der Waals surface area contributed by atoms with E-state index < -0.39 is 0 Å².